The first kappa shape index (κ1) is 74.2. The third-order valence-electron chi connectivity index (χ3n) is 14.8. The molecule has 0 aliphatic heterocycles. The first-order chi connectivity index (χ1) is 36.9. The van der Waals surface area contributed by atoms with Gasteiger partial charge < -0.3 is 19.4 Å². The molecule has 3 atom stereocenters. The number of phosphoric acid groups is 1. The van der Waals surface area contributed by atoms with Crippen LogP contribution in [0.2, 0.25) is 0 Å². The van der Waals surface area contributed by atoms with Crippen molar-refractivity contribution in [1.82, 2.24) is 5.32 Å². The zero-order chi connectivity index (χ0) is 55.7. The smallest absolute Gasteiger partial charge is 0.456 e. The van der Waals surface area contributed by atoms with Crippen molar-refractivity contribution in [1.29, 1.82) is 0 Å². The summed E-state index contributed by atoms with van der Waals surface area (Å²) < 4.78 is 30.7. The summed E-state index contributed by atoms with van der Waals surface area (Å²) in [6.07, 6.45) is 68.5. The molecule has 0 saturated carbocycles. The Balaban J connectivity index is 5.17. The van der Waals surface area contributed by atoms with Gasteiger partial charge in [-0.2, -0.15) is 0 Å². The van der Waals surface area contributed by atoms with Crippen molar-refractivity contribution in [2.24, 2.45) is 0 Å². The molecule has 0 aromatic heterocycles. The molecule has 0 aliphatic carbocycles. The zero-order valence-electron chi connectivity index (χ0n) is 51.3. The molecule has 76 heavy (non-hydrogen) atoms. The summed E-state index contributed by atoms with van der Waals surface area (Å²) in [5.74, 6) is -0.498. The number of esters is 1. The molecule has 0 aromatic rings. The second-order valence-corrected chi connectivity index (χ2v) is 25.1. The topological polar surface area (TPSA) is 111 Å². The van der Waals surface area contributed by atoms with Crippen LogP contribution < -0.4 is 5.32 Å². The minimum atomic E-state index is -4.45. The quantitative estimate of drug-likeness (QED) is 0.0205. The van der Waals surface area contributed by atoms with E-state index in [2.05, 4.69) is 50.4 Å². The lowest BCUT2D eigenvalue weighted by Gasteiger charge is -2.27. The van der Waals surface area contributed by atoms with E-state index in [1.54, 1.807) is 0 Å². The lowest BCUT2D eigenvalue weighted by Crippen LogP contribution is -2.47. The summed E-state index contributed by atoms with van der Waals surface area (Å²) in [6, 6.07) is -0.848. The summed E-state index contributed by atoms with van der Waals surface area (Å²) in [5.41, 5.74) is 0. The van der Waals surface area contributed by atoms with Crippen LogP contribution >= 0.6 is 7.82 Å². The average molecular weight is 1090 g/mol. The highest BCUT2D eigenvalue weighted by Crippen LogP contribution is 2.43. The molecule has 1 amide bonds. The lowest BCUT2D eigenvalue weighted by atomic mass is 10.0. The molecule has 0 spiro atoms. The highest BCUT2D eigenvalue weighted by molar-refractivity contribution is 7.47. The monoisotopic (exact) mass is 1090 g/mol. The number of hydrogen-bond donors (Lipinski definition) is 2. The van der Waals surface area contributed by atoms with E-state index in [0.29, 0.717) is 17.4 Å². The molecule has 0 rings (SSSR count). The van der Waals surface area contributed by atoms with Crippen molar-refractivity contribution in [3.8, 4) is 0 Å². The fourth-order valence-electron chi connectivity index (χ4n) is 9.70. The number of carbonyl (C=O) groups excluding carboxylic acids is 2. The van der Waals surface area contributed by atoms with Gasteiger partial charge in [-0.25, -0.2) is 4.57 Å². The Morgan fingerprint density at radius 1 is 0.447 bits per heavy atom. The maximum atomic E-state index is 13.6. The van der Waals surface area contributed by atoms with Gasteiger partial charge in [0.15, 0.2) is 0 Å². The lowest BCUT2D eigenvalue weighted by molar-refractivity contribution is -0.870. The molecule has 0 bridgehead atoms. The van der Waals surface area contributed by atoms with Crippen LogP contribution in [0.25, 0.3) is 0 Å². The Kier molecular flexibility index (Phi) is 55.2. The first-order valence-corrected chi connectivity index (χ1v) is 34.3. The summed E-state index contributed by atoms with van der Waals surface area (Å²) in [6.45, 7) is 7.04. The van der Waals surface area contributed by atoms with Gasteiger partial charge in [0.05, 0.1) is 33.8 Å². The number of rotatable bonds is 60. The summed E-state index contributed by atoms with van der Waals surface area (Å²) in [5, 5.41) is 3.07. The molecule has 448 valence electrons. The van der Waals surface area contributed by atoms with E-state index in [1.807, 2.05) is 33.3 Å². The van der Waals surface area contributed by atoms with E-state index in [4.69, 9.17) is 13.8 Å². The molecule has 10 heteroatoms. The molecule has 2 N–H and O–H groups in total. The van der Waals surface area contributed by atoms with E-state index in [-0.39, 0.29) is 31.5 Å². The molecular formula is C66H128N2O7P+. The minimum absolute atomic E-state index is 0.0413. The number of carbonyl (C=O) groups is 2. The number of hydrogen-bond acceptors (Lipinski definition) is 6. The maximum Gasteiger partial charge on any atom is 0.472 e. The van der Waals surface area contributed by atoms with Crippen LogP contribution in [-0.4, -0.2) is 74.3 Å². The van der Waals surface area contributed by atoms with Gasteiger partial charge in [0, 0.05) is 12.8 Å². The first-order valence-electron chi connectivity index (χ1n) is 32.8. The SMILES string of the molecule is CCCCCCCC/C=C/CCCCCCCCCCCCCC(=O)NC(COP(=O)(O)OCC[N+](C)(C)C)C(/C=C\CCCCCCCCCCCC)OC(=O)CCCCCCCCC/C=C/CCCCCCCC. The van der Waals surface area contributed by atoms with E-state index >= 15 is 0 Å². The van der Waals surface area contributed by atoms with Gasteiger partial charge in [0.1, 0.15) is 19.3 Å². The number of phosphoric ester groups is 1. The molecule has 0 heterocycles. The Bertz CT molecular complexity index is 1400. The molecule has 0 aliphatic rings. The van der Waals surface area contributed by atoms with Crippen molar-refractivity contribution in [2.45, 2.75) is 335 Å². The van der Waals surface area contributed by atoms with Crippen molar-refractivity contribution in [3.63, 3.8) is 0 Å². The summed E-state index contributed by atoms with van der Waals surface area (Å²) in [7, 11) is 1.50. The van der Waals surface area contributed by atoms with Crippen molar-refractivity contribution in [2.75, 3.05) is 40.9 Å². The molecule has 0 saturated heterocycles. The fraction of sp³-hybridized carbons (Fsp3) is 0.879. The highest BCUT2D eigenvalue weighted by Gasteiger charge is 2.30. The fourth-order valence-corrected chi connectivity index (χ4v) is 10.4. The van der Waals surface area contributed by atoms with E-state index in [0.717, 1.165) is 57.8 Å². The van der Waals surface area contributed by atoms with Crippen LogP contribution in [0.3, 0.4) is 0 Å². The summed E-state index contributed by atoms with van der Waals surface area (Å²) in [4.78, 5) is 37.8. The third-order valence-corrected chi connectivity index (χ3v) is 15.8. The van der Waals surface area contributed by atoms with E-state index < -0.39 is 20.0 Å². The average Bonchev–Trinajstić information content (AvgIpc) is 3.38. The number of unbranched alkanes of at least 4 members (excludes halogenated alkanes) is 40. The maximum absolute atomic E-state index is 13.6. The van der Waals surface area contributed by atoms with Crippen LogP contribution in [0.15, 0.2) is 36.5 Å². The van der Waals surface area contributed by atoms with Gasteiger partial charge >= 0.3 is 13.8 Å². The normalized spacial score (nSPS) is 13.8. The zero-order valence-corrected chi connectivity index (χ0v) is 52.2. The van der Waals surface area contributed by atoms with Crippen LogP contribution in [0.5, 0.6) is 0 Å². The van der Waals surface area contributed by atoms with Crippen molar-refractivity contribution in [3.05, 3.63) is 36.5 Å². The van der Waals surface area contributed by atoms with Crippen LogP contribution in [-0.2, 0) is 27.9 Å². The number of ether oxygens (including phenoxy) is 1. The summed E-state index contributed by atoms with van der Waals surface area (Å²) >= 11 is 0. The Morgan fingerprint density at radius 3 is 1.12 bits per heavy atom. The number of nitrogens with zero attached hydrogens (tertiary/aromatic N) is 1. The second kappa shape index (κ2) is 56.5. The standard InChI is InChI=1S/C66H127N2O7P/c1-7-10-13-16-19-22-25-28-30-32-33-34-35-37-38-40-43-46-49-52-55-58-65(69)67-63(62-74-76(71,72)73-61-60-68(4,5)6)64(57-54-51-48-45-42-27-24-21-18-15-12-9-3)75-66(70)59-56-53-50-47-44-41-39-36-31-29-26-23-20-17-14-11-8-2/h28-31,54,57,63-64H,7-27,32-53,55-56,58-62H2,1-6H3,(H-,67,69,71,72)/p+1/b30-28+,31-29+,57-54-. The Hall–Kier alpha value is -1.77. The van der Waals surface area contributed by atoms with E-state index in [1.165, 1.54) is 231 Å². The molecular weight excluding hydrogens is 964 g/mol. The highest BCUT2D eigenvalue weighted by atomic mass is 31.2. The van der Waals surface area contributed by atoms with Crippen LogP contribution in [0, 0.1) is 0 Å². The minimum Gasteiger partial charge on any atom is -0.456 e. The van der Waals surface area contributed by atoms with Gasteiger partial charge in [0.25, 0.3) is 0 Å². The predicted molar refractivity (Wildman–Crippen MR) is 328 cm³/mol. The number of amides is 1. The van der Waals surface area contributed by atoms with Crippen LogP contribution in [0.1, 0.15) is 323 Å². The van der Waals surface area contributed by atoms with Gasteiger partial charge in [-0.3, -0.25) is 18.6 Å². The number of likely N-dealkylation sites (N-methyl/N-ethyl adjacent to an activating group) is 1. The molecule has 9 nitrogen and oxygen atoms in total. The molecule has 0 fully saturated rings. The Morgan fingerprint density at radius 2 is 0.763 bits per heavy atom. The number of quaternary nitrogens is 1. The number of allylic oxidation sites excluding steroid dienone is 5. The van der Waals surface area contributed by atoms with Gasteiger partial charge in [0.2, 0.25) is 5.91 Å². The van der Waals surface area contributed by atoms with Crippen LogP contribution in [0.4, 0.5) is 0 Å². The van der Waals surface area contributed by atoms with Crippen molar-refractivity contribution < 1.29 is 37.3 Å². The predicted octanol–water partition coefficient (Wildman–Crippen LogP) is 20.3. The third kappa shape index (κ3) is 56.9. The van der Waals surface area contributed by atoms with Crippen molar-refractivity contribution >= 4 is 19.7 Å². The largest absolute Gasteiger partial charge is 0.472 e. The molecule has 0 aromatic carbocycles. The van der Waals surface area contributed by atoms with Gasteiger partial charge in [-0.05, 0) is 83.1 Å². The second-order valence-electron chi connectivity index (χ2n) is 23.6. The Labute approximate surface area is 472 Å². The number of nitrogens with one attached hydrogen (secondary N) is 1. The molecule has 0 radical (unpaired) electrons. The van der Waals surface area contributed by atoms with Gasteiger partial charge in [-0.1, -0.05) is 263 Å². The molecule has 3 unspecified atom stereocenters. The van der Waals surface area contributed by atoms with Gasteiger partial charge in [-0.15, -0.1) is 0 Å². The van der Waals surface area contributed by atoms with E-state index in [9.17, 15) is 19.0 Å².